The number of nitrogens with zero attached hydrogens (tertiary/aromatic N) is 1. The van der Waals surface area contributed by atoms with Gasteiger partial charge in [0.2, 0.25) is 5.91 Å². The SMILES string of the molecule is O=C1C(Nc2cc(F)cc(Cl)c2)CCCN1C1CNCC(F)C1. The lowest BCUT2D eigenvalue weighted by Crippen LogP contribution is -2.57. The van der Waals surface area contributed by atoms with E-state index in [1.807, 2.05) is 0 Å². The van der Waals surface area contributed by atoms with E-state index in [0.717, 1.165) is 6.42 Å². The summed E-state index contributed by atoms with van der Waals surface area (Å²) in [5.41, 5.74) is 0.486. The number of piperidine rings is 2. The quantitative estimate of drug-likeness (QED) is 0.886. The predicted molar refractivity (Wildman–Crippen MR) is 85.9 cm³/mol. The Morgan fingerprint density at radius 3 is 2.87 bits per heavy atom. The molecule has 3 unspecified atom stereocenters. The molecule has 0 aromatic heterocycles. The molecule has 1 aromatic rings. The summed E-state index contributed by atoms with van der Waals surface area (Å²) in [4.78, 5) is 14.4. The summed E-state index contributed by atoms with van der Waals surface area (Å²) in [5, 5.41) is 6.37. The largest absolute Gasteiger partial charge is 0.374 e. The number of nitrogens with one attached hydrogen (secondary N) is 2. The van der Waals surface area contributed by atoms with E-state index in [4.69, 9.17) is 11.6 Å². The number of hydrogen-bond donors (Lipinski definition) is 2. The molecule has 2 heterocycles. The van der Waals surface area contributed by atoms with Crippen LogP contribution in [0.25, 0.3) is 0 Å². The first-order valence-corrected chi connectivity index (χ1v) is 8.28. The van der Waals surface area contributed by atoms with Gasteiger partial charge < -0.3 is 15.5 Å². The number of rotatable bonds is 3. The standard InChI is InChI=1S/C16H20ClF2N3O/c17-10-4-11(18)6-13(5-10)21-15-2-1-3-22(16(15)23)14-7-12(19)8-20-9-14/h4-6,12,14-15,20-21H,1-3,7-9H2. The molecule has 2 aliphatic heterocycles. The van der Waals surface area contributed by atoms with Gasteiger partial charge in [-0.05, 0) is 31.0 Å². The maximum absolute atomic E-state index is 13.6. The molecule has 2 fully saturated rings. The summed E-state index contributed by atoms with van der Waals surface area (Å²) in [6.45, 7) is 1.60. The van der Waals surface area contributed by atoms with Crippen molar-refractivity contribution in [3.8, 4) is 0 Å². The summed E-state index contributed by atoms with van der Waals surface area (Å²) in [6.07, 6.45) is 0.955. The molecule has 2 aliphatic rings. The van der Waals surface area contributed by atoms with Crippen molar-refractivity contribution in [3.63, 3.8) is 0 Å². The number of likely N-dealkylation sites (tertiary alicyclic amines) is 1. The number of hydrogen-bond acceptors (Lipinski definition) is 3. The fourth-order valence-corrected chi connectivity index (χ4v) is 3.56. The Morgan fingerprint density at radius 2 is 2.13 bits per heavy atom. The number of alkyl halides is 1. The molecule has 126 valence electrons. The van der Waals surface area contributed by atoms with Gasteiger partial charge in [0.05, 0.1) is 0 Å². The number of benzene rings is 1. The lowest BCUT2D eigenvalue weighted by atomic mass is 9.98. The topological polar surface area (TPSA) is 44.4 Å². The van der Waals surface area contributed by atoms with Crippen LogP contribution in [0.1, 0.15) is 19.3 Å². The fourth-order valence-electron chi connectivity index (χ4n) is 3.34. The van der Waals surface area contributed by atoms with Crippen LogP contribution in [0.5, 0.6) is 0 Å². The second-order valence-electron chi connectivity index (χ2n) is 6.17. The van der Waals surface area contributed by atoms with Crippen LogP contribution in [-0.2, 0) is 4.79 Å². The Bertz CT molecular complexity index is 566. The third-order valence-electron chi connectivity index (χ3n) is 4.39. The molecule has 3 rings (SSSR count). The van der Waals surface area contributed by atoms with Gasteiger partial charge in [-0.3, -0.25) is 4.79 Å². The van der Waals surface area contributed by atoms with Gasteiger partial charge in [-0.1, -0.05) is 11.6 Å². The molecule has 0 aliphatic carbocycles. The van der Waals surface area contributed by atoms with Crippen LogP contribution in [-0.4, -0.2) is 48.7 Å². The molecule has 7 heteroatoms. The highest BCUT2D eigenvalue weighted by molar-refractivity contribution is 6.30. The maximum atomic E-state index is 13.6. The molecular weight excluding hydrogens is 324 g/mol. The second kappa shape index (κ2) is 7.01. The van der Waals surface area contributed by atoms with Gasteiger partial charge in [-0.2, -0.15) is 0 Å². The summed E-state index contributed by atoms with van der Waals surface area (Å²) in [7, 11) is 0. The van der Waals surface area contributed by atoms with Crippen LogP contribution in [0, 0.1) is 5.82 Å². The average molecular weight is 344 g/mol. The van der Waals surface area contributed by atoms with Crippen LogP contribution in [0.15, 0.2) is 18.2 Å². The normalized spacial score (nSPS) is 28.7. The molecule has 4 nitrogen and oxygen atoms in total. The summed E-state index contributed by atoms with van der Waals surface area (Å²) in [5.74, 6) is -0.505. The molecule has 3 atom stereocenters. The Kier molecular flexibility index (Phi) is 5.02. The van der Waals surface area contributed by atoms with E-state index in [0.29, 0.717) is 38.2 Å². The lowest BCUT2D eigenvalue weighted by Gasteiger charge is -2.41. The van der Waals surface area contributed by atoms with Gasteiger partial charge >= 0.3 is 0 Å². The zero-order valence-corrected chi connectivity index (χ0v) is 13.5. The number of amides is 1. The van der Waals surface area contributed by atoms with Gasteiger partial charge in [0, 0.05) is 42.8 Å². The van der Waals surface area contributed by atoms with Gasteiger partial charge in [-0.15, -0.1) is 0 Å². The van der Waals surface area contributed by atoms with Crippen molar-refractivity contribution in [3.05, 3.63) is 29.0 Å². The van der Waals surface area contributed by atoms with Crippen LogP contribution in [0.4, 0.5) is 14.5 Å². The third kappa shape index (κ3) is 3.93. The minimum atomic E-state index is -0.920. The zero-order chi connectivity index (χ0) is 16.4. The Balaban J connectivity index is 1.69. The molecule has 23 heavy (non-hydrogen) atoms. The molecule has 0 radical (unpaired) electrons. The Hall–Kier alpha value is -1.40. The van der Waals surface area contributed by atoms with E-state index in [-0.39, 0.29) is 17.0 Å². The number of anilines is 1. The van der Waals surface area contributed by atoms with Gasteiger partial charge in [0.1, 0.15) is 18.0 Å². The van der Waals surface area contributed by atoms with Crippen molar-refractivity contribution in [1.82, 2.24) is 10.2 Å². The van der Waals surface area contributed by atoms with Crippen LogP contribution >= 0.6 is 11.6 Å². The van der Waals surface area contributed by atoms with Crippen LogP contribution in [0.2, 0.25) is 5.02 Å². The first-order chi connectivity index (χ1) is 11.0. The molecule has 0 saturated carbocycles. The summed E-state index contributed by atoms with van der Waals surface area (Å²) < 4.78 is 27.0. The molecule has 2 saturated heterocycles. The van der Waals surface area contributed by atoms with E-state index < -0.39 is 18.0 Å². The first-order valence-electron chi connectivity index (χ1n) is 7.91. The molecular formula is C16H20ClF2N3O. The van der Waals surface area contributed by atoms with E-state index in [1.165, 1.54) is 12.1 Å². The van der Waals surface area contributed by atoms with Crippen molar-refractivity contribution < 1.29 is 13.6 Å². The minimum absolute atomic E-state index is 0.0578. The van der Waals surface area contributed by atoms with Crippen molar-refractivity contribution in [2.75, 3.05) is 25.0 Å². The van der Waals surface area contributed by atoms with Gasteiger partial charge in [0.15, 0.2) is 0 Å². The highest BCUT2D eigenvalue weighted by atomic mass is 35.5. The van der Waals surface area contributed by atoms with Gasteiger partial charge in [0.25, 0.3) is 0 Å². The second-order valence-corrected chi connectivity index (χ2v) is 6.61. The van der Waals surface area contributed by atoms with E-state index in [1.54, 1.807) is 11.0 Å². The number of carbonyl (C=O) groups excluding carboxylic acids is 1. The summed E-state index contributed by atoms with van der Waals surface area (Å²) in [6, 6.07) is 3.58. The molecule has 1 aromatic carbocycles. The van der Waals surface area contributed by atoms with Crippen molar-refractivity contribution in [2.24, 2.45) is 0 Å². The number of carbonyl (C=O) groups is 1. The van der Waals surface area contributed by atoms with Crippen LogP contribution in [0.3, 0.4) is 0 Å². The average Bonchev–Trinajstić information content (AvgIpc) is 2.48. The highest BCUT2D eigenvalue weighted by Crippen LogP contribution is 2.24. The van der Waals surface area contributed by atoms with Gasteiger partial charge in [-0.25, -0.2) is 8.78 Å². The number of halogens is 3. The third-order valence-corrected chi connectivity index (χ3v) is 4.61. The first kappa shape index (κ1) is 16.5. The monoisotopic (exact) mass is 343 g/mol. The molecule has 0 spiro atoms. The zero-order valence-electron chi connectivity index (χ0n) is 12.7. The minimum Gasteiger partial charge on any atom is -0.374 e. The summed E-state index contributed by atoms with van der Waals surface area (Å²) >= 11 is 5.85. The van der Waals surface area contributed by atoms with E-state index in [9.17, 15) is 13.6 Å². The molecule has 1 amide bonds. The van der Waals surface area contributed by atoms with E-state index in [2.05, 4.69) is 10.6 Å². The van der Waals surface area contributed by atoms with E-state index >= 15 is 0 Å². The smallest absolute Gasteiger partial charge is 0.245 e. The van der Waals surface area contributed by atoms with Crippen molar-refractivity contribution in [1.29, 1.82) is 0 Å². The van der Waals surface area contributed by atoms with Crippen molar-refractivity contribution >= 4 is 23.2 Å². The maximum Gasteiger partial charge on any atom is 0.245 e. The van der Waals surface area contributed by atoms with Crippen molar-refractivity contribution in [2.45, 2.75) is 37.5 Å². The Morgan fingerprint density at radius 1 is 1.30 bits per heavy atom. The molecule has 2 N–H and O–H groups in total. The molecule has 0 bridgehead atoms. The lowest BCUT2D eigenvalue weighted by molar-refractivity contribution is -0.137. The Labute approximate surface area is 139 Å². The predicted octanol–water partition coefficient (Wildman–Crippen LogP) is 2.58. The fraction of sp³-hybridized carbons (Fsp3) is 0.562. The van der Waals surface area contributed by atoms with Crippen LogP contribution < -0.4 is 10.6 Å². The highest BCUT2D eigenvalue weighted by Gasteiger charge is 2.35.